The van der Waals surface area contributed by atoms with Crippen LogP contribution in [0.25, 0.3) is 0 Å². The van der Waals surface area contributed by atoms with E-state index < -0.39 is 0 Å². The van der Waals surface area contributed by atoms with Crippen molar-refractivity contribution in [1.82, 2.24) is 20.1 Å². The Kier molecular flexibility index (Phi) is 4.99. The van der Waals surface area contributed by atoms with Crippen LogP contribution < -0.4 is 5.32 Å². The first-order chi connectivity index (χ1) is 9.22. The zero-order valence-corrected chi connectivity index (χ0v) is 12.5. The van der Waals surface area contributed by atoms with Crippen LogP contribution in [0.1, 0.15) is 24.7 Å². The van der Waals surface area contributed by atoms with Crippen molar-refractivity contribution in [3.05, 3.63) is 35.7 Å². The largest absolute Gasteiger partial charge is 0.313 e. The summed E-state index contributed by atoms with van der Waals surface area (Å²) in [5.74, 6) is 0.934. The van der Waals surface area contributed by atoms with Crippen molar-refractivity contribution in [3.63, 3.8) is 0 Å². The lowest BCUT2D eigenvalue weighted by Crippen LogP contribution is -2.14. The minimum atomic E-state index is 0.897. The molecule has 0 atom stereocenters. The first-order valence-corrected chi connectivity index (χ1v) is 7.36. The molecule has 0 amide bonds. The Labute approximate surface area is 118 Å². The third-order valence-electron chi connectivity index (χ3n) is 2.97. The van der Waals surface area contributed by atoms with E-state index in [9.17, 15) is 0 Å². The van der Waals surface area contributed by atoms with E-state index in [1.165, 1.54) is 10.5 Å². The van der Waals surface area contributed by atoms with Crippen molar-refractivity contribution in [2.45, 2.75) is 36.9 Å². The summed E-state index contributed by atoms with van der Waals surface area (Å²) < 4.78 is 2.01. The van der Waals surface area contributed by atoms with Gasteiger partial charge in [0.2, 0.25) is 0 Å². The van der Waals surface area contributed by atoms with Crippen LogP contribution in [0.3, 0.4) is 0 Å². The maximum Gasteiger partial charge on any atom is 0.195 e. The second-order valence-corrected chi connectivity index (χ2v) is 5.48. The molecule has 0 bridgehead atoms. The highest BCUT2D eigenvalue weighted by Gasteiger charge is 2.09. The first-order valence-electron chi connectivity index (χ1n) is 6.55. The van der Waals surface area contributed by atoms with Crippen molar-refractivity contribution in [2.75, 3.05) is 6.54 Å². The summed E-state index contributed by atoms with van der Waals surface area (Å²) in [7, 11) is 2.00. The number of hydrogen-bond acceptors (Lipinski definition) is 4. The molecule has 0 radical (unpaired) electrons. The molecule has 0 fully saturated rings. The topological polar surface area (TPSA) is 42.7 Å². The SMILES string of the molecule is CCCNCc1ccccc1Sc1nnc(C)n1C. The lowest BCUT2D eigenvalue weighted by molar-refractivity contribution is 0.669. The molecular formula is C14H20N4S. The van der Waals surface area contributed by atoms with Crippen LogP contribution in [0, 0.1) is 6.92 Å². The predicted molar refractivity (Wildman–Crippen MR) is 78.3 cm³/mol. The van der Waals surface area contributed by atoms with E-state index in [-0.39, 0.29) is 0 Å². The number of hydrogen-bond donors (Lipinski definition) is 1. The second-order valence-electron chi connectivity index (χ2n) is 4.48. The molecule has 0 aliphatic heterocycles. The van der Waals surface area contributed by atoms with Crippen LogP contribution >= 0.6 is 11.8 Å². The Hall–Kier alpha value is -1.33. The summed E-state index contributed by atoms with van der Waals surface area (Å²) in [5.41, 5.74) is 1.31. The Balaban J connectivity index is 2.13. The Morgan fingerprint density at radius 1 is 1.26 bits per heavy atom. The molecule has 1 N–H and O–H groups in total. The summed E-state index contributed by atoms with van der Waals surface area (Å²) in [6.45, 7) is 6.08. The molecule has 0 aliphatic rings. The number of aromatic nitrogens is 3. The van der Waals surface area contributed by atoms with Crippen LogP contribution in [-0.2, 0) is 13.6 Å². The molecule has 2 rings (SSSR count). The molecule has 1 aromatic heterocycles. The Morgan fingerprint density at radius 2 is 2.05 bits per heavy atom. The number of nitrogens with one attached hydrogen (secondary N) is 1. The highest BCUT2D eigenvalue weighted by molar-refractivity contribution is 7.99. The summed E-state index contributed by atoms with van der Waals surface area (Å²) in [6, 6.07) is 8.44. The monoisotopic (exact) mass is 276 g/mol. The average molecular weight is 276 g/mol. The molecule has 0 saturated carbocycles. The predicted octanol–water partition coefficient (Wildman–Crippen LogP) is 2.77. The fourth-order valence-electron chi connectivity index (χ4n) is 1.72. The smallest absolute Gasteiger partial charge is 0.195 e. The summed E-state index contributed by atoms with van der Waals surface area (Å²) in [6.07, 6.45) is 1.15. The molecule has 1 heterocycles. The van der Waals surface area contributed by atoms with Gasteiger partial charge in [0.15, 0.2) is 5.16 Å². The molecule has 0 aliphatic carbocycles. The molecule has 5 heteroatoms. The van der Waals surface area contributed by atoms with Crippen molar-refractivity contribution in [3.8, 4) is 0 Å². The maximum atomic E-state index is 4.20. The Bertz CT molecular complexity index is 536. The quantitative estimate of drug-likeness (QED) is 0.824. The molecule has 0 saturated heterocycles. The lowest BCUT2D eigenvalue weighted by atomic mass is 10.2. The standard InChI is InChI=1S/C14H20N4S/c1-4-9-15-10-12-7-5-6-8-13(12)19-14-17-16-11(2)18(14)3/h5-8,15H,4,9-10H2,1-3H3. The van der Waals surface area contributed by atoms with Crippen LogP contribution in [0.4, 0.5) is 0 Å². The van der Waals surface area contributed by atoms with Gasteiger partial charge in [-0.15, -0.1) is 10.2 Å². The zero-order valence-electron chi connectivity index (χ0n) is 11.7. The molecule has 19 heavy (non-hydrogen) atoms. The third-order valence-corrected chi connectivity index (χ3v) is 4.12. The highest BCUT2D eigenvalue weighted by atomic mass is 32.2. The molecule has 2 aromatic rings. The van der Waals surface area contributed by atoms with Gasteiger partial charge in [-0.25, -0.2) is 0 Å². The van der Waals surface area contributed by atoms with Gasteiger partial charge in [-0.2, -0.15) is 0 Å². The van der Waals surface area contributed by atoms with E-state index in [1.54, 1.807) is 11.8 Å². The third kappa shape index (κ3) is 3.58. The number of nitrogens with zero attached hydrogens (tertiary/aromatic N) is 3. The second kappa shape index (κ2) is 6.73. The molecule has 102 valence electrons. The summed E-state index contributed by atoms with van der Waals surface area (Å²) in [5, 5.41) is 12.7. The number of benzene rings is 1. The minimum Gasteiger partial charge on any atom is -0.313 e. The minimum absolute atomic E-state index is 0.897. The van der Waals surface area contributed by atoms with Crippen LogP contribution in [-0.4, -0.2) is 21.3 Å². The van der Waals surface area contributed by atoms with Crippen molar-refractivity contribution < 1.29 is 0 Å². The van der Waals surface area contributed by atoms with Gasteiger partial charge < -0.3 is 9.88 Å². The lowest BCUT2D eigenvalue weighted by Gasteiger charge is -2.09. The number of aryl methyl sites for hydroxylation is 1. The van der Waals surface area contributed by atoms with Crippen LogP contribution in [0.5, 0.6) is 0 Å². The van der Waals surface area contributed by atoms with Gasteiger partial charge in [0.1, 0.15) is 5.82 Å². The fourth-order valence-corrected chi connectivity index (χ4v) is 2.69. The van der Waals surface area contributed by atoms with Crippen molar-refractivity contribution in [2.24, 2.45) is 7.05 Å². The summed E-state index contributed by atoms with van der Waals surface area (Å²) >= 11 is 1.67. The van der Waals surface area contributed by atoms with Crippen LogP contribution in [0.15, 0.2) is 34.3 Å². The first kappa shape index (κ1) is 14.1. The normalized spacial score (nSPS) is 10.9. The van der Waals surface area contributed by atoms with Gasteiger partial charge >= 0.3 is 0 Å². The van der Waals surface area contributed by atoms with Gasteiger partial charge in [0.05, 0.1) is 0 Å². The van der Waals surface area contributed by atoms with Gasteiger partial charge in [0, 0.05) is 18.5 Å². The Morgan fingerprint density at radius 3 is 2.74 bits per heavy atom. The van der Waals surface area contributed by atoms with Gasteiger partial charge in [0.25, 0.3) is 0 Å². The average Bonchev–Trinajstić information content (AvgIpc) is 2.73. The van der Waals surface area contributed by atoms with Gasteiger partial charge in [-0.3, -0.25) is 0 Å². The summed E-state index contributed by atoms with van der Waals surface area (Å²) in [4.78, 5) is 1.24. The fraction of sp³-hybridized carbons (Fsp3) is 0.429. The molecule has 0 unspecified atom stereocenters. The number of rotatable bonds is 6. The van der Waals surface area contributed by atoms with Crippen molar-refractivity contribution in [1.29, 1.82) is 0 Å². The molecule has 0 spiro atoms. The molecule has 4 nitrogen and oxygen atoms in total. The van der Waals surface area contributed by atoms with Crippen LogP contribution in [0.2, 0.25) is 0 Å². The molecule has 1 aromatic carbocycles. The van der Waals surface area contributed by atoms with Crippen molar-refractivity contribution >= 4 is 11.8 Å². The van der Waals surface area contributed by atoms with Gasteiger partial charge in [-0.05, 0) is 43.3 Å². The highest BCUT2D eigenvalue weighted by Crippen LogP contribution is 2.28. The van der Waals surface area contributed by atoms with Gasteiger partial charge in [-0.1, -0.05) is 25.1 Å². The van der Waals surface area contributed by atoms with E-state index in [4.69, 9.17) is 0 Å². The van der Waals surface area contributed by atoms with E-state index in [1.807, 2.05) is 18.5 Å². The molecular weight excluding hydrogens is 256 g/mol. The van der Waals surface area contributed by atoms with E-state index in [2.05, 4.69) is 46.7 Å². The van der Waals surface area contributed by atoms with E-state index in [0.717, 1.165) is 30.5 Å². The van der Waals surface area contributed by atoms with E-state index in [0.29, 0.717) is 0 Å². The van der Waals surface area contributed by atoms with E-state index >= 15 is 0 Å². The zero-order chi connectivity index (χ0) is 13.7. The maximum absolute atomic E-state index is 4.20.